The van der Waals surface area contributed by atoms with E-state index in [1.54, 1.807) is 0 Å². The molecule has 4 atom stereocenters. The van der Waals surface area contributed by atoms with Crippen molar-refractivity contribution in [3.63, 3.8) is 0 Å². The zero-order valence-corrected chi connectivity index (χ0v) is 24.4. The molecule has 3 aromatic rings. The summed E-state index contributed by atoms with van der Waals surface area (Å²) in [7, 11) is 0. The lowest BCUT2D eigenvalue weighted by Gasteiger charge is -2.36. The minimum absolute atomic E-state index is 0.0219. The molecule has 1 unspecified atom stereocenters. The summed E-state index contributed by atoms with van der Waals surface area (Å²) >= 11 is 1.86. The fourth-order valence-corrected chi connectivity index (χ4v) is 6.20. The molecule has 0 aromatic heterocycles. The summed E-state index contributed by atoms with van der Waals surface area (Å²) < 4.78 is 19.8. The van der Waals surface area contributed by atoms with Crippen LogP contribution in [0, 0.1) is 0 Å². The van der Waals surface area contributed by atoms with Crippen LogP contribution >= 0.6 is 11.8 Å². The Morgan fingerprint density at radius 3 is 1.90 bits per heavy atom. The van der Waals surface area contributed by atoms with Gasteiger partial charge in [-0.15, -0.1) is 11.8 Å². The Bertz CT molecular complexity index is 1250. The largest absolute Gasteiger partial charge is 0.374 e. The Labute approximate surface area is 242 Å². The summed E-state index contributed by atoms with van der Waals surface area (Å²) in [4.78, 5) is 1.22. The van der Waals surface area contributed by atoms with Crippen molar-refractivity contribution in [2.75, 3.05) is 13.2 Å². The van der Waals surface area contributed by atoms with Gasteiger partial charge in [-0.3, -0.25) is 5.01 Å². The van der Waals surface area contributed by atoms with Gasteiger partial charge < -0.3 is 14.2 Å². The standard InChI is InChI=1S/C33H39N3O3S/c1-33(2,3)40-31-19-30(38-22-26-15-9-5-10-16-26)32(39-23-27-17-11-6-12-18-27)29(36-28(31)20-34-35-36)24-37-21-25-13-7-4-8-14-25/h4-19,28-30,32H,20-24H2,1-3H3/t28?,29-,30+,32+/m0/s1. The predicted molar refractivity (Wildman–Crippen MR) is 161 cm³/mol. The minimum atomic E-state index is -0.322. The van der Waals surface area contributed by atoms with Gasteiger partial charge in [-0.05, 0) is 22.8 Å². The van der Waals surface area contributed by atoms with E-state index >= 15 is 0 Å². The summed E-state index contributed by atoms with van der Waals surface area (Å²) in [5.74, 6) is 0. The molecule has 0 saturated carbocycles. The molecule has 0 radical (unpaired) electrons. The Hall–Kier alpha value is -2.97. The van der Waals surface area contributed by atoms with Gasteiger partial charge in [0.2, 0.25) is 0 Å². The molecule has 2 aliphatic rings. The van der Waals surface area contributed by atoms with Crippen molar-refractivity contribution in [1.29, 1.82) is 0 Å². The predicted octanol–water partition coefficient (Wildman–Crippen LogP) is 7.22. The van der Waals surface area contributed by atoms with Crippen LogP contribution in [0.3, 0.4) is 0 Å². The molecule has 210 valence electrons. The monoisotopic (exact) mass is 557 g/mol. The van der Waals surface area contributed by atoms with Gasteiger partial charge in [0.15, 0.2) is 0 Å². The molecular formula is C33H39N3O3S. The topological polar surface area (TPSA) is 55.6 Å². The molecule has 0 N–H and O–H groups in total. The van der Waals surface area contributed by atoms with Gasteiger partial charge in [-0.25, -0.2) is 0 Å². The van der Waals surface area contributed by atoms with Crippen molar-refractivity contribution in [3.8, 4) is 0 Å². The Balaban J connectivity index is 1.45. The van der Waals surface area contributed by atoms with Gasteiger partial charge in [0.05, 0.1) is 33.0 Å². The van der Waals surface area contributed by atoms with Crippen LogP contribution in [-0.4, -0.2) is 47.2 Å². The van der Waals surface area contributed by atoms with E-state index in [1.807, 2.05) is 66.4 Å². The van der Waals surface area contributed by atoms with Crippen LogP contribution in [0.1, 0.15) is 37.5 Å². The minimum Gasteiger partial charge on any atom is -0.374 e. The second-order valence-electron chi connectivity index (χ2n) is 11.2. The first-order valence-corrected chi connectivity index (χ1v) is 14.8. The molecule has 6 nitrogen and oxygen atoms in total. The van der Waals surface area contributed by atoms with E-state index in [4.69, 9.17) is 14.2 Å². The first-order chi connectivity index (χ1) is 19.5. The van der Waals surface area contributed by atoms with Crippen molar-refractivity contribution >= 4 is 11.8 Å². The average Bonchev–Trinajstić information content (AvgIpc) is 3.41. The summed E-state index contributed by atoms with van der Waals surface area (Å²) in [5.41, 5.74) is 3.38. The number of hydrogen-bond acceptors (Lipinski definition) is 7. The van der Waals surface area contributed by atoms with Crippen LogP contribution in [-0.2, 0) is 34.0 Å². The highest BCUT2D eigenvalue weighted by molar-refractivity contribution is 8.04. The maximum Gasteiger partial charge on any atom is 0.112 e. The third-order valence-corrected chi connectivity index (χ3v) is 8.09. The third-order valence-electron chi connectivity index (χ3n) is 6.83. The van der Waals surface area contributed by atoms with E-state index in [2.05, 4.69) is 78.6 Å². The maximum absolute atomic E-state index is 6.75. The number of thioether (sulfide) groups is 1. The Morgan fingerprint density at radius 2 is 1.32 bits per heavy atom. The maximum atomic E-state index is 6.75. The number of fused-ring (bicyclic) bond motifs is 1. The first-order valence-electron chi connectivity index (χ1n) is 14.0. The van der Waals surface area contributed by atoms with E-state index < -0.39 is 0 Å². The lowest BCUT2D eigenvalue weighted by molar-refractivity contribution is -0.115. The van der Waals surface area contributed by atoms with Gasteiger partial charge in [0.25, 0.3) is 0 Å². The van der Waals surface area contributed by atoms with Gasteiger partial charge >= 0.3 is 0 Å². The number of benzene rings is 3. The van der Waals surface area contributed by atoms with Crippen molar-refractivity contribution < 1.29 is 14.2 Å². The molecule has 7 heteroatoms. The molecule has 0 spiro atoms. The van der Waals surface area contributed by atoms with Crippen molar-refractivity contribution in [3.05, 3.63) is 119 Å². The smallest absolute Gasteiger partial charge is 0.112 e. The second-order valence-corrected chi connectivity index (χ2v) is 13.1. The molecule has 2 aliphatic heterocycles. The van der Waals surface area contributed by atoms with Crippen LogP contribution in [0.25, 0.3) is 0 Å². The summed E-state index contributed by atoms with van der Waals surface area (Å²) in [6.45, 7) is 9.24. The van der Waals surface area contributed by atoms with Crippen LogP contribution in [0.4, 0.5) is 0 Å². The quantitative estimate of drug-likeness (QED) is 0.249. The van der Waals surface area contributed by atoms with Crippen LogP contribution in [0.5, 0.6) is 0 Å². The normalized spacial score (nSPS) is 22.6. The van der Waals surface area contributed by atoms with Crippen molar-refractivity contribution in [1.82, 2.24) is 5.01 Å². The van der Waals surface area contributed by atoms with E-state index in [1.165, 1.54) is 4.91 Å². The molecule has 40 heavy (non-hydrogen) atoms. The second kappa shape index (κ2) is 13.6. The molecule has 5 rings (SSSR count). The fraction of sp³-hybridized carbons (Fsp3) is 0.394. The highest BCUT2D eigenvalue weighted by Gasteiger charge is 2.44. The zero-order valence-electron chi connectivity index (χ0n) is 23.6. The third kappa shape index (κ3) is 7.82. The summed E-state index contributed by atoms with van der Waals surface area (Å²) in [6, 6.07) is 30.7. The first kappa shape index (κ1) is 28.6. The number of hydrogen-bond donors (Lipinski definition) is 0. The lowest BCUT2D eigenvalue weighted by Crippen LogP contribution is -2.51. The highest BCUT2D eigenvalue weighted by atomic mass is 32.2. The van der Waals surface area contributed by atoms with Gasteiger partial charge in [0, 0.05) is 9.65 Å². The average molecular weight is 558 g/mol. The summed E-state index contributed by atoms with van der Waals surface area (Å²) in [6.07, 6.45) is 1.65. The van der Waals surface area contributed by atoms with E-state index in [-0.39, 0.29) is 29.0 Å². The lowest BCUT2D eigenvalue weighted by atomic mass is 10.1. The highest BCUT2D eigenvalue weighted by Crippen LogP contribution is 2.41. The van der Waals surface area contributed by atoms with Crippen molar-refractivity contribution in [2.24, 2.45) is 10.3 Å². The van der Waals surface area contributed by atoms with Crippen LogP contribution in [0.2, 0.25) is 0 Å². The van der Waals surface area contributed by atoms with E-state index in [0.29, 0.717) is 33.0 Å². The van der Waals surface area contributed by atoms with Gasteiger partial charge in [-0.2, -0.15) is 5.11 Å². The SMILES string of the molecule is CC(C)(C)SC1=C[C@@H](OCc2ccccc2)[C@H](OCc2ccccc2)[C@H](COCc2ccccc2)N2N=NCC12. The van der Waals surface area contributed by atoms with Gasteiger partial charge in [0.1, 0.15) is 24.3 Å². The molecule has 3 aromatic carbocycles. The Morgan fingerprint density at radius 1 is 0.775 bits per heavy atom. The molecule has 0 fully saturated rings. The van der Waals surface area contributed by atoms with Crippen LogP contribution in [0.15, 0.2) is 112 Å². The number of rotatable bonds is 11. The fourth-order valence-electron chi connectivity index (χ4n) is 4.97. The summed E-state index contributed by atoms with van der Waals surface area (Å²) in [5, 5.41) is 11.2. The van der Waals surface area contributed by atoms with E-state index in [9.17, 15) is 0 Å². The molecule has 0 saturated heterocycles. The molecule has 0 amide bonds. The van der Waals surface area contributed by atoms with Crippen LogP contribution < -0.4 is 0 Å². The zero-order chi connectivity index (χ0) is 27.8. The molecule has 0 bridgehead atoms. The Kier molecular flexibility index (Phi) is 9.70. The molecule has 0 aliphatic carbocycles. The van der Waals surface area contributed by atoms with Gasteiger partial charge in [-0.1, -0.05) is 117 Å². The van der Waals surface area contributed by atoms with Crippen molar-refractivity contribution in [2.45, 2.75) is 69.6 Å². The molecule has 2 heterocycles. The number of nitrogens with zero attached hydrogens (tertiary/aromatic N) is 3. The number of ether oxygens (including phenoxy) is 3. The molecular weight excluding hydrogens is 518 g/mol. The van der Waals surface area contributed by atoms with E-state index in [0.717, 1.165) is 16.7 Å².